The maximum Gasteiger partial charge on any atom is 0.126 e. The van der Waals surface area contributed by atoms with E-state index in [0.29, 0.717) is 19.1 Å². The first-order chi connectivity index (χ1) is 16.3. The van der Waals surface area contributed by atoms with Crippen molar-refractivity contribution in [3.8, 4) is 11.5 Å². The molecular weight excluding hydrogens is 408 g/mol. The van der Waals surface area contributed by atoms with Crippen LogP contribution in [0.2, 0.25) is 0 Å². The zero-order valence-electron chi connectivity index (χ0n) is 19.5. The molecule has 0 amide bonds. The molecule has 0 spiro atoms. The molecule has 3 nitrogen and oxygen atoms in total. The van der Waals surface area contributed by atoms with Gasteiger partial charge in [0.05, 0.1) is 12.7 Å². The molecule has 1 saturated carbocycles. The minimum Gasteiger partial charge on any atom is -0.493 e. The second-order valence-corrected chi connectivity index (χ2v) is 9.14. The van der Waals surface area contributed by atoms with Gasteiger partial charge in [0, 0.05) is 6.07 Å². The van der Waals surface area contributed by atoms with Crippen LogP contribution in [-0.2, 0) is 13.0 Å². The van der Waals surface area contributed by atoms with Crippen molar-refractivity contribution in [3.05, 3.63) is 95.6 Å². The summed E-state index contributed by atoms with van der Waals surface area (Å²) in [6.45, 7) is 1.25. The molecule has 0 aromatic heterocycles. The highest BCUT2D eigenvalue weighted by molar-refractivity contribution is 5.43. The van der Waals surface area contributed by atoms with Gasteiger partial charge in [-0.15, -0.1) is 0 Å². The summed E-state index contributed by atoms with van der Waals surface area (Å²) >= 11 is 0. The number of rotatable bonds is 11. The van der Waals surface area contributed by atoms with Crippen LogP contribution in [0.5, 0.6) is 11.5 Å². The van der Waals surface area contributed by atoms with Crippen molar-refractivity contribution in [1.29, 1.82) is 0 Å². The molecule has 33 heavy (non-hydrogen) atoms. The van der Waals surface area contributed by atoms with E-state index in [1.807, 2.05) is 24.3 Å². The maximum atomic E-state index is 10.2. The van der Waals surface area contributed by atoms with Crippen LogP contribution >= 0.6 is 0 Å². The summed E-state index contributed by atoms with van der Waals surface area (Å²) in [6, 6.07) is 27.2. The summed E-state index contributed by atoms with van der Waals surface area (Å²) < 4.78 is 12.4. The quantitative estimate of drug-likeness (QED) is 0.321. The SMILES string of the molecule is OC1CCCC(c2ccc(OCCCCCc3ccccc3)cc2OCc2ccccc2)C1. The molecule has 1 N–H and O–H groups in total. The standard InChI is InChI=1S/C30H36O3/c31-27-17-10-16-26(21-27)29-19-18-28(22-30(29)33-23-25-14-6-2-7-15-25)32-20-9-3-8-13-24-11-4-1-5-12-24/h1-2,4-7,11-12,14-15,18-19,22,26-27,31H,3,8-10,13,16-17,20-21,23H2. The summed E-state index contributed by atoms with van der Waals surface area (Å²) in [6.07, 6.45) is 8.17. The van der Waals surface area contributed by atoms with Gasteiger partial charge < -0.3 is 14.6 Å². The van der Waals surface area contributed by atoms with E-state index in [2.05, 4.69) is 54.6 Å². The lowest BCUT2D eigenvalue weighted by Crippen LogP contribution is -2.18. The number of aryl methyl sites for hydroxylation is 1. The molecule has 0 heterocycles. The fraction of sp³-hybridized carbons (Fsp3) is 0.400. The lowest BCUT2D eigenvalue weighted by atomic mass is 9.82. The number of hydrogen-bond donors (Lipinski definition) is 1. The second kappa shape index (κ2) is 12.5. The first-order valence-electron chi connectivity index (χ1n) is 12.4. The fourth-order valence-electron chi connectivity index (χ4n) is 4.69. The van der Waals surface area contributed by atoms with E-state index in [1.165, 1.54) is 17.5 Å². The Morgan fingerprint density at radius 3 is 2.27 bits per heavy atom. The number of benzene rings is 3. The van der Waals surface area contributed by atoms with E-state index >= 15 is 0 Å². The van der Waals surface area contributed by atoms with Gasteiger partial charge in [0.2, 0.25) is 0 Å². The zero-order chi connectivity index (χ0) is 22.7. The summed E-state index contributed by atoms with van der Waals surface area (Å²) in [7, 11) is 0. The van der Waals surface area contributed by atoms with Crippen LogP contribution in [0.4, 0.5) is 0 Å². The Hall–Kier alpha value is -2.78. The average molecular weight is 445 g/mol. The Morgan fingerprint density at radius 1 is 0.758 bits per heavy atom. The van der Waals surface area contributed by atoms with E-state index < -0.39 is 0 Å². The number of hydrogen-bond acceptors (Lipinski definition) is 3. The van der Waals surface area contributed by atoms with E-state index in [4.69, 9.17) is 9.47 Å². The molecule has 1 aliphatic rings. The average Bonchev–Trinajstić information content (AvgIpc) is 2.86. The van der Waals surface area contributed by atoms with Crippen LogP contribution in [0.1, 0.15) is 67.6 Å². The largest absolute Gasteiger partial charge is 0.493 e. The maximum absolute atomic E-state index is 10.2. The molecule has 3 aromatic rings. The number of unbranched alkanes of at least 4 members (excludes halogenated alkanes) is 2. The molecule has 0 saturated heterocycles. The minimum atomic E-state index is -0.211. The fourth-order valence-corrected chi connectivity index (χ4v) is 4.69. The lowest BCUT2D eigenvalue weighted by molar-refractivity contribution is 0.118. The van der Waals surface area contributed by atoms with Gasteiger partial charge >= 0.3 is 0 Å². The third kappa shape index (κ3) is 7.36. The molecular formula is C30H36O3. The Bertz CT molecular complexity index is 955. The van der Waals surface area contributed by atoms with Crippen LogP contribution in [-0.4, -0.2) is 17.8 Å². The van der Waals surface area contributed by atoms with Gasteiger partial charge in [-0.1, -0.05) is 73.2 Å². The molecule has 3 aromatic carbocycles. The normalized spacial score (nSPS) is 18.1. The number of aliphatic hydroxyl groups excluding tert-OH is 1. The van der Waals surface area contributed by atoms with Crippen LogP contribution < -0.4 is 9.47 Å². The van der Waals surface area contributed by atoms with Gasteiger partial charge in [-0.25, -0.2) is 0 Å². The van der Waals surface area contributed by atoms with Gasteiger partial charge in [-0.05, 0) is 73.6 Å². The Balaban J connectivity index is 1.33. The predicted octanol–water partition coefficient (Wildman–Crippen LogP) is 7.08. The topological polar surface area (TPSA) is 38.7 Å². The zero-order valence-corrected chi connectivity index (χ0v) is 19.5. The molecule has 2 unspecified atom stereocenters. The molecule has 174 valence electrons. The van der Waals surface area contributed by atoms with Crippen LogP contribution in [0.25, 0.3) is 0 Å². The molecule has 2 atom stereocenters. The van der Waals surface area contributed by atoms with Gasteiger partial charge in [-0.2, -0.15) is 0 Å². The Kier molecular flexibility index (Phi) is 8.83. The van der Waals surface area contributed by atoms with Gasteiger partial charge in [0.1, 0.15) is 18.1 Å². The first kappa shape index (κ1) is 23.4. The number of ether oxygens (including phenoxy) is 2. The van der Waals surface area contributed by atoms with Crippen molar-refractivity contribution in [1.82, 2.24) is 0 Å². The third-order valence-corrected chi connectivity index (χ3v) is 6.53. The van der Waals surface area contributed by atoms with E-state index in [1.54, 1.807) is 0 Å². The van der Waals surface area contributed by atoms with Gasteiger partial charge in [0.15, 0.2) is 0 Å². The summed E-state index contributed by atoms with van der Waals surface area (Å²) in [5, 5.41) is 10.2. The highest BCUT2D eigenvalue weighted by atomic mass is 16.5. The lowest BCUT2D eigenvalue weighted by Gasteiger charge is -2.28. The van der Waals surface area contributed by atoms with E-state index in [-0.39, 0.29) is 6.10 Å². The highest BCUT2D eigenvalue weighted by Crippen LogP contribution is 2.39. The van der Waals surface area contributed by atoms with Crippen LogP contribution in [0, 0.1) is 0 Å². The minimum absolute atomic E-state index is 0.211. The third-order valence-electron chi connectivity index (χ3n) is 6.53. The monoisotopic (exact) mass is 444 g/mol. The van der Waals surface area contributed by atoms with E-state index in [9.17, 15) is 5.11 Å². The van der Waals surface area contributed by atoms with Crippen molar-refractivity contribution < 1.29 is 14.6 Å². The van der Waals surface area contributed by atoms with Crippen molar-refractivity contribution in [2.75, 3.05) is 6.61 Å². The molecule has 1 aliphatic carbocycles. The van der Waals surface area contributed by atoms with Crippen molar-refractivity contribution in [2.45, 2.75) is 70.0 Å². The number of aliphatic hydroxyl groups is 1. The van der Waals surface area contributed by atoms with Crippen molar-refractivity contribution in [3.63, 3.8) is 0 Å². The first-order valence-corrected chi connectivity index (χ1v) is 12.4. The smallest absolute Gasteiger partial charge is 0.126 e. The molecule has 3 heteroatoms. The summed E-state index contributed by atoms with van der Waals surface area (Å²) in [5.74, 6) is 2.09. The predicted molar refractivity (Wildman–Crippen MR) is 134 cm³/mol. The molecule has 0 bridgehead atoms. The molecule has 0 aliphatic heterocycles. The van der Waals surface area contributed by atoms with E-state index in [0.717, 1.165) is 62.0 Å². The Labute approximate surface area is 198 Å². The van der Waals surface area contributed by atoms with Gasteiger partial charge in [-0.3, -0.25) is 0 Å². The van der Waals surface area contributed by atoms with Gasteiger partial charge in [0.25, 0.3) is 0 Å². The Morgan fingerprint density at radius 2 is 1.52 bits per heavy atom. The molecule has 0 radical (unpaired) electrons. The van der Waals surface area contributed by atoms with Crippen molar-refractivity contribution in [2.24, 2.45) is 0 Å². The highest BCUT2D eigenvalue weighted by Gasteiger charge is 2.24. The summed E-state index contributed by atoms with van der Waals surface area (Å²) in [4.78, 5) is 0. The van der Waals surface area contributed by atoms with Crippen molar-refractivity contribution >= 4 is 0 Å². The van der Waals surface area contributed by atoms with Crippen LogP contribution in [0.3, 0.4) is 0 Å². The van der Waals surface area contributed by atoms with Crippen LogP contribution in [0.15, 0.2) is 78.9 Å². The second-order valence-electron chi connectivity index (χ2n) is 9.14. The molecule has 4 rings (SSSR count). The molecule has 1 fully saturated rings. The summed E-state index contributed by atoms with van der Waals surface area (Å²) in [5.41, 5.74) is 3.75.